The average molecular weight is 352 g/mol. The SMILES string of the molecule is CCCC1(C)CCCN(C(=NC)NCC(C)CN2CCN(C)CC2)C1. The fourth-order valence-corrected chi connectivity index (χ4v) is 4.44. The van der Waals surface area contributed by atoms with Gasteiger partial charge in [0, 0.05) is 59.4 Å². The van der Waals surface area contributed by atoms with Crippen molar-refractivity contribution in [3.63, 3.8) is 0 Å². The number of likely N-dealkylation sites (N-methyl/N-ethyl adjacent to an activating group) is 1. The highest BCUT2D eigenvalue weighted by Crippen LogP contribution is 2.33. The maximum atomic E-state index is 4.58. The first-order chi connectivity index (χ1) is 12.0. The Morgan fingerprint density at radius 2 is 1.92 bits per heavy atom. The van der Waals surface area contributed by atoms with E-state index >= 15 is 0 Å². The summed E-state index contributed by atoms with van der Waals surface area (Å²) in [5.41, 5.74) is 0.454. The molecule has 5 heteroatoms. The van der Waals surface area contributed by atoms with Gasteiger partial charge in [-0.25, -0.2) is 0 Å². The number of rotatable bonds is 6. The third-order valence-corrected chi connectivity index (χ3v) is 5.92. The van der Waals surface area contributed by atoms with Crippen LogP contribution >= 0.6 is 0 Å². The number of nitrogens with one attached hydrogen (secondary N) is 1. The molecule has 0 aromatic rings. The van der Waals surface area contributed by atoms with Crippen LogP contribution in [-0.2, 0) is 0 Å². The van der Waals surface area contributed by atoms with Gasteiger partial charge < -0.3 is 20.0 Å². The molecular formula is C20H41N5. The number of piperazine rings is 1. The van der Waals surface area contributed by atoms with Crippen LogP contribution in [0.3, 0.4) is 0 Å². The average Bonchev–Trinajstić information content (AvgIpc) is 2.57. The van der Waals surface area contributed by atoms with E-state index in [9.17, 15) is 0 Å². The van der Waals surface area contributed by atoms with Crippen molar-refractivity contribution in [3.8, 4) is 0 Å². The summed E-state index contributed by atoms with van der Waals surface area (Å²) in [6, 6.07) is 0. The monoisotopic (exact) mass is 351 g/mol. The van der Waals surface area contributed by atoms with Crippen LogP contribution in [0, 0.1) is 11.3 Å². The van der Waals surface area contributed by atoms with E-state index in [1.54, 1.807) is 0 Å². The van der Waals surface area contributed by atoms with Crippen molar-refractivity contribution in [2.24, 2.45) is 16.3 Å². The summed E-state index contributed by atoms with van der Waals surface area (Å²) in [6.07, 6.45) is 5.24. The Morgan fingerprint density at radius 1 is 1.20 bits per heavy atom. The second-order valence-corrected chi connectivity index (χ2v) is 8.72. The van der Waals surface area contributed by atoms with E-state index in [1.807, 2.05) is 7.05 Å². The minimum Gasteiger partial charge on any atom is -0.356 e. The lowest BCUT2D eigenvalue weighted by Crippen LogP contribution is -2.51. The van der Waals surface area contributed by atoms with Crippen LogP contribution in [-0.4, -0.2) is 87.1 Å². The summed E-state index contributed by atoms with van der Waals surface area (Å²) in [6.45, 7) is 16.4. The molecule has 2 rings (SSSR count). The molecule has 1 N–H and O–H groups in total. The maximum Gasteiger partial charge on any atom is 0.193 e. The van der Waals surface area contributed by atoms with Crippen LogP contribution in [0.25, 0.3) is 0 Å². The number of likely N-dealkylation sites (tertiary alicyclic amines) is 1. The Hall–Kier alpha value is -0.810. The Morgan fingerprint density at radius 3 is 2.56 bits per heavy atom. The Bertz CT molecular complexity index is 412. The van der Waals surface area contributed by atoms with Crippen LogP contribution in [0.2, 0.25) is 0 Å². The lowest BCUT2D eigenvalue weighted by atomic mass is 9.78. The third kappa shape index (κ3) is 6.45. The van der Waals surface area contributed by atoms with Crippen LogP contribution in [0.4, 0.5) is 0 Å². The molecule has 0 radical (unpaired) electrons. The van der Waals surface area contributed by atoms with E-state index < -0.39 is 0 Å². The number of hydrogen-bond acceptors (Lipinski definition) is 3. The zero-order valence-electron chi connectivity index (χ0n) is 17.4. The van der Waals surface area contributed by atoms with Crippen molar-refractivity contribution < 1.29 is 0 Å². The van der Waals surface area contributed by atoms with Gasteiger partial charge in [0.1, 0.15) is 0 Å². The molecule has 25 heavy (non-hydrogen) atoms. The number of piperidine rings is 1. The Kier molecular flexibility index (Phi) is 8.01. The molecule has 2 aliphatic heterocycles. The standard InChI is InChI=1S/C20H41N5/c1-6-8-20(3)9-7-10-25(17-20)19(21-4)22-15-18(2)16-24-13-11-23(5)12-14-24/h18H,6-17H2,1-5H3,(H,21,22). The molecule has 0 spiro atoms. The van der Waals surface area contributed by atoms with Crippen molar-refractivity contribution in [2.45, 2.75) is 46.5 Å². The van der Waals surface area contributed by atoms with Gasteiger partial charge in [-0.05, 0) is 37.6 Å². The molecule has 2 heterocycles. The first-order valence-corrected chi connectivity index (χ1v) is 10.3. The van der Waals surface area contributed by atoms with Crippen molar-refractivity contribution in [2.75, 3.05) is 66.5 Å². The molecule has 2 fully saturated rings. The molecule has 5 nitrogen and oxygen atoms in total. The quantitative estimate of drug-likeness (QED) is 0.588. The minimum absolute atomic E-state index is 0.454. The van der Waals surface area contributed by atoms with E-state index in [2.05, 4.69) is 52.8 Å². The second kappa shape index (κ2) is 9.77. The zero-order chi connectivity index (χ0) is 18.3. The summed E-state index contributed by atoms with van der Waals surface area (Å²) in [5.74, 6) is 1.75. The largest absolute Gasteiger partial charge is 0.356 e. The Labute approximate surface area is 155 Å². The molecule has 146 valence electrons. The van der Waals surface area contributed by atoms with E-state index in [0.29, 0.717) is 11.3 Å². The van der Waals surface area contributed by atoms with Gasteiger partial charge in [0.15, 0.2) is 5.96 Å². The van der Waals surface area contributed by atoms with Gasteiger partial charge >= 0.3 is 0 Å². The van der Waals surface area contributed by atoms with Crippen LogP contribution in [0.5, 0.6) is 0 Å². The predicted molar refractivity (Wildman–Crippen MR) is 108 cm³/mol. The first kappa shape index (κ1) is 20.5. The molecule has 2 saturated heterocycles. The summed E-state index contributed by atoms with van der Waals surface area (Å²) in [7, 11) is 4.15. The fourth-order valence-electron chi connectivity index (χ4n) is 4.44. The molecular weight excluding hydrogens is 310 g/mol. The molecule has 0 saturated carbocycles. The van der Waals surface area contributed by atoms with Gasteiger partial charge in [-0.1, -0.05) is 27.2 Å². The molecule has 0 aromatic heterocycles. The fraction of sp³-hybridized carbons (Fsp3) is 0.950. The van der Waals surface area contributed by atoms with Crippen LogP contribution in [0.1, 0.15) is 46.5 Å². The predicted octanol–water partition coefficient (Wildman–Crippen LogP) is 2.35. The van der Waals surface area contributed by atoms with Crippen molar-refractivity contribution in [1.29, 1.82) is 0 Å². The highest BCUT2D eigenvalue weighted by molar-refractivity contribution is 5.80. The second-order valence-electron chi connectivity index (χ2n) is 8.72. The topological polar surface area (TPSA) is 34.1 Å². The first-order valence-electron chi connectivity index (χ1n) is 10.3. The number of hydrogen-bond donors (Lipinski definition) is 1. The van der Waals surface area contributed by atoms with Crippen molar-refractivity contribution >= 4 is 5.96 Å². The highest BCUT2D eigenvalue weighted by atomic mass is 15.3. The van der Waals surface area contributed by atoms with Crippen LogP contribution < -0.4 is 5.32 Å². The van der Waals surface area contributed by atoms with Gasteiger partial charge in [0.05, 0.1) is 0 Å². The van der Waals surface area contributed by atoms with Gasteiger partial charge in [0.2, 0.25) is 0 Å². The highest BCUT2D eigenvalue weighted by Gasteiger charge is 2.31. The summed E-state index contributed by atoms with van der Waals surface area (Å²) < 4.78 is 0. The molecule has 2 unspecified atom stereocenters. The maximum absolute atomic E-state index is 4.58. The van der Waals surface area contributed by atoms with Crippen molar-refractivity contribution in [3.05, 3.63) is 0 Å². The smallest absolute Gasteiger partial charge is 0.193 e. The molecule has 0 bridgehead atoms. The van der Waals surface area contributed by atoms with E-state index in [1.165, 1.54) is 58.4 Å². The van der Waals surface area contributed by atoms with Crippen LogP contribution in [0.15, 0.2) is 4.99 Å². The lowest BCUT2D eigenvalue weighted by molar-refractivity contribution is 0.135. The molecule has 0 aromatic carbocycles. The number of aliphatic imine (C=N–C) groups is 1. The molecule has 2 atom stereocenters. The third-order valence-electron chi connectivity index (χ3n) is 5.92. The van der Waals surface area contributed by atoms with E-state index in [4.69, 9.17) is 0 Å². The summed E-state index contributed by atoms with van der Waals surface area (Å²) in [4.78, 5) is 12.1. The summed E-state index contributed by atoms with van der Waals surface area (Å²) >= 11 is 0. The van der Waals surface area contributed by atoms with Gasteiger partial charge in [-0.3, -0.25) is 4.99 Å². The van der Waals surface area contributed by atoms with E-state index in [0.717, 1.165) is 25.6 Å². The molecule has 2 aliphatic rings. The minimum atomic E-state index is 0.454. The number of nitrogens with zero attached hydrogens (tertiary/aromatic N) is 4. The summed E-state index contributed by atoms with van der Waals surface area (Å²) in [5, 5.41) is 3.66. The lowest BCUT2D eigenvalue weighted by Gasteiger charge is -2.42. The Balaban J connectivity index is 1.77. The van der Waals surface area contributed by atoms with Gasteiger partial charge in [-0.15, -0.1) is 0 Å². The molecule has 0 aliphatic carbocycles. The zero-order valence-corrected chi connectivity index (χ0v) is 17.4. The van der Waals surface area contributed by atoms with Gasteiger partial charge in [-0.2, -0.15) is 0 Å². The number of guanidine groups is 1. The normalized spacial score (nSPS) is 28.2. The van der Waals surface area contributed by atoms with Gasteiger partial charge in [0.25, 0.3) is 0 Å². The van der Waals surface area contributed by atoms with E-state index in [-0.39, 0.29) is 0 Å². The molecule has 0 amide bonds. The van der Waals surface area contributed by atoms with Crippen molar-refractivity contribution in [1.82, 2.24) is 20.0 Å².